The summed E-state index contributed by atoms with van der Waals surface area (Å²) in [5, 5.41) is 19.5. The van der Waals surface area contributed by atoms with Crippen LogP contribution in [0.4, 0.5) is 0 Å². The first kappa shape index (κ1) is 11.2. The van der Waals surface area contributed by atoms with Gasteiger partial charge in [-0.15, -0.1) is 0 Å². The molecule has 0 amide bonds. The lowest BCUT2D eigenvalue weighted by Gasteiger charge is -2.17. The molecule has 2 atom stereocenters. The smallest absolute Gasteiger partial charge is 0.0791 e. The van der Waals surface area contributed by atoms with Gasteiger partial charge in [-0.05, 0) is 24.0 Å². The zero-order chi connectivity index (χ0) is 10.6. The minimum Gasteiger partial charge on any atom is -0.388 e. The average molecular weight is 194 g/mol. The molecular weight excluding hydrogens is 176 g/mol. The fourth-order valence-corrected chi connectivity index (χ4v) is 1.56. The van der Waals surface area contributed by atoms with Crippen molar-refractivity contribution in [2.45, 2.75) is 38.9 Å². The molecule has 0 aliphatic rings. The highest BCUT2D eigenvalue weighted by atomic mass is 16.3. The Hall–Kier alpha value is -0.860. The molecule has 0 heterocycles. The highest BCUT2D eigenvalue weighted by Crippen LogP contribution is 2.26. The molecule has 2 heteroatoms. The van der Waals surface area contributed by atoms with Crippen LogP contribution < -0.4 is 0 Å². The molecule has 1 aromatic carbocycles. The quantitative estimate of drug-likeness (QED) is 0.773. The van der Waals surface area contributed by atoms with E-state index in [9.17, 15) is 10.2 Å². The van der Waals surface area contributed by atoms with Crippen LogP contribution >= 0.6 is 0 Å². The maximum atomic E-state index is 9.74. The number of hydrogen-bond acceptors (Lipinski definition) is 2. The molecule has 0 radical (unpaired) electrons. The van der Waals surface area contributed by atoms with Crippen molar-refractivity contribution in [1.29, 1.82) is 0 Å². The number of aliphatic hydroxyl groups is 2. The van der Waals surface area contributed by atoms with Gasteiger partial charge < -0.3 is 10.2 Å². The maximum absolute atomic E-state index is 9.74. The van der Waals surface area contributed by atoms with E-state index in [1.807, 2.05) is 38.1 Å². The number of aliphatic hydroxyl groups excluding tert-OH is 2. The normalized spacial score (nSPS) is 15.1. The third-order valence-electron chi connectivity index (χ3n) is 2.49. The first-order valence-corrected chi connectivity index (χ1v) is 5.15. The third-order valence-corrected chi connectivity index (χ3v) is 2.49. The summed E-state index contributed by atoms with van der Waals surface area (Å²) < 4.78 is 0. The van der Waals surface area contributed by atoms with Gasteiger partial charge >= 0.3 is 0 Å². The van der Waals surface area contributed by atoms with Crippen molar-refractivity contribution in [2.24, 2.45) is 0 Å². The molecule has 2 nitrogen and oxygen atoms in total. The Morgan fingerprint density at radius 1 is 0.929 bits per heavy atom. The zero-order valence-corrected chi connectivity index (χ0v) is 8.77. The van der Waals surface area contributed by atoms with Crippen LogP contribution in [-0.2, 0) is 0 Å². The van der Waals surface area contributed by atoms with E-state index < -0.39 is 12.2 Å². The molecule has 14 heavy (non-hydrogen) atoms. The largest absolute Gasteiger partial charge is 0.388 e. The summed E-state index contributed by atoms with van der Waals surface area (Å²) in [6.45, 7) is 3.86. The summed E-state index contributed by atoms with van der Waals surface area (Å²) in [6.07, 6.45) is 0.417. The first-order chi connectivity index (χ1) is 6.70. The van der Waals surface area contributed by atoms with Gasteiger partial charge in [0.05, 0.1) is 12.2 Å². The molecule has 0 aliphatic heterocycles. The molecule has 1 aromatic rings. The first-order valence-electron chi connectivity index (χ1n) is 5.15. The van der Waals surface area contributed by atoms with E-state index in [4.69, 9.17) is 0 Å². The standard InChI is InChI=1S/C12H18O2/c1-3-11(13)9-7-5-6-8-10(9)12(14)4-2/h5-8,11-14H,3-4H2,1-2H3/t11-,12?/m0/s1. The summed E-state index contributed by atoms with van der Waals surface area (Å²) in [5.41, 5.74) is 1.70. The van der Waals surface area contributed by atoms with Gasteiger partial charge in [-0.3, -0.25) is 0 Å². The molecule has 0 fully saturated rings. The van der Waals surface area contributed by atoms with Crippen molar-refractivity contribution in [3.05, 3.63) is 35.4 Å². The van der Waals surface area contributed by atoms with Crippen LogP contribution in [0, 0.1) is 0 Å². The molecule has 1 rings (SSSR count). The molecule has 0 saturated carbocycles. The summed E-state index contributed by atoms with van der Waals surface area (Å²) in [6, 6.07) is 7.53. The second-order valence-electron chi connectivity index (χ2n) is 3.48. The van der Waals surface area contributed by atoms with Crippen molar-refractivity contribution in [1.82, 2.24) is 0 Å². The van der Waals surface area contributed by atoms with Crippen LogP contribution in [0.5, 0.6) is 0 Å². The summed E-state index contributed by atoms with van der Waals surface area (Å²) in [7, 11) is 0. The lowest BCUT2D eigenvalue weighted by atomic mass is 9.96. The molecule has 1 unspecified atom stereocenters. The minimum atomic E-state index is -0.465. The third kappa shape index (κ3) is 2.34. The van der Waals surface area contributed by atoms with E-state index in [-0.39, 0.29) is 0 Å². The fraction of sp³-hybridized carbons (Fsp3) is 0.500. The SMILES string of the molecule is CCC(O)c1ccccc1[C@@H](O)CC. The number of hydrogen-bond donors (Lipinski definition) is 2. The Bertz CT molecular complexity index is 254. The van der Waals surface area contributed by atoms with Crippen molar-refractivity contribution in [3.8, 4) is 0 Å². The van der Waals surface area contributed by atoms with E-state index in [1.165, 1.54) is 0 Å². The fourth-order valence-electron chi connectivity index (χ4n) is 1.56. The highest BCUT2D eigenvalue weighted by Gasteiger charge is 2.14. The average Bonchev–Trinajstić information content (AvgIpc) is 2.27. The van der Waals surface area contributed by atoms with Crippen LogP contribution in [-0.4, -0.2) is 10.2 Å². The van der Waals surface area contributed by atoms with Crippen LogP contribution in [0.2, 0.25) is 0 Å². The molecule has 0 spiro atoms. The van der Waals surface area contributed by atoms with Crippen LogP contribution in [0.25, 0.3) is 0 Å². The van der Waals surface area contributed by atoms with Gasteiger partial charge in [-0.25, -0.2) is 0 Å². The summed E-state index contributed by atoms with van der Waals surface area (Å²) in [5.74, 6) is 0. The van der Waals surface area contributed by atoms with E-state index >= 15 is 0 Å². The summed E-state index contributed by atoms with van der Waals surface area (Å²) in [4.78, 5) is 0. The van der Waals surface area contributed by atoms with Gasteiger partial charge in [-0.1, -0.05) is 38.1 Å². The molecule has 0 aliphatic carbocycles. The minimum absolute atomic E-state index is 0.465. The van der Waals surface area contributed by atoms with Crippen LogP contribution in [0.1, 0.15) is 50.0 Å². The maximum Gasteiger partial charge on any atom is 0.0791 e. The lowest BCUT2D eigenvalue weighted by molar-refractivity contribution is 0.150. The molecule has 0 aromatic heterocycles. The molecule has 78 valence electrons. The van der Waals surface area contributed by atoms with Crippen molar-refractivity contribution in [2.75, 3.05) is 0 Å². The molecular formula is C12H18O2. The zero-order valence-electron chi connectivity index (χ0n) is 8.77. The van der Waals surface area contributed by atoms with E-state index in [2.05, 4.69) is 0 Å². The van der Waals surface area contributed by atoms with Gasteiger partial charge in [0.15, 0.2) is 0 Å². The topological polar surface area (TPSA) is 40.5 Å². The van der Waals surface area contributed by atoms with Gasteiger partial charge in [0, 0.05) is 0 Å². The predicted molar refractivity (Wildman–Crippen MR) is 56.9 cm³/mol. The molecule has 0 bridgehead atoms. The Morgan fingerprint density at radius 3 is 1.57 bits per heavy atom. The lowest BCUT2D eigenvalue weighted by Crippen LogP contribution is -2.05. The van der Waals surface area contributed by atoms with Gasteiger partial charge in [-0.2, -0.15) is 0 Å². The second-order valence-corrected chi connectivity index (χ2v) is 3.48. The molecule has 2 N–H and O–H groups in total. The Labute approximate surface area is 85.2 Å². The van der Waals surface area contributed by atoms with Crippen LogP contribution in [0.3, 0.4) is 0 Å². The van der Waals surface area contributed by atoms with Gasteiger partial charge in [0.25, 0.3) is 0 Å². The monoisotopic (exact) mass is 194 g/mol. The second kappa shape index (κ2) is 5.13. The molecule has 0 saturated heterocycles. The Balaban J connectivity index is 3.02. The van der Waals surface area contributed by atoms with Gasteiger partial charge in [0.1, 0.15) is 0 Å². The highest BCUT2D eigenvalue weighted by molar-refractivity contribution is 5.30. The van der Waals surface area contributed by atoms with E-state index in [0.717, 1.165) is 11.1 Å². The van der Waals surface area contributed by atoms with E-state index in [0.29, 0.717) is 12.8 Å². The van der Waals surface area contributed by atoms with Gasteiger partial charge in [0.2, 0.25) is 0 Å². The summed E-state index contributed by atoms with van der Waals surface area (Å²) >= 11 is 0. The van der Waals surface area contributed by atoms with Crippen molar-refractivity contribution >= 4 is 0 Å². The Morgan fingerprint density at radius 2 is 1.29 bits per heavy atom. The van der Waals surface area contributed by atoms with Crippen molar-refractivity contribution < 1.29 is 10.2 Å². The number of benzene rings is 1. The number of rotatable bonds is 4. The van der Waals surface area contributed by atoms with E-state index in [1.54, 1.807) is 0 Å². The van der Waals surface area contributed by atoms with Crippen molar-refractivity contribution in [3.63, 3.8) is 0 Å². The Kier molecular flexibility index (Phi) is 4.11. The predicted octanol–water partition coefficient (Wildman–Crippen LogP) is 2.57. The van der Waals surface area contributed by atoms with Crippen LogP contribution in [0.15, 0.2) is 24.3 Å².